The fourth-order valence-corrected chi connectivity index (χ4v) is 2.55. The summed E-state index contributed by atoms with van der Waals surface area (Å²) in [4.78, 5) is 0. The highest BCUT2D eigenvalue weighted by atomic mass is 79.9. The second-order valence-corrected chi connectivity index (χ2v) is 5.65. The van der Waals surface area contributed by atoms with E-state index in [1.165, 1.54) is 6.07 Å². The summed E-state index contributed by atoms with van der Waals surface area (Å²) in [6.07, 6.45) is -3.55. The minimum atomic E-state index is -4.32. The van der Waals surface area contributed by atoms with Crippen molar-refractivity contribution in [3.63, 3.8) is 0 Å². The molecule has 0 heterocycles. The van der Waals surface area contributed by atoms with Crippen molar-refractivity contribution in [1.82, 2.24) is 0 Å². The maximum Gasteiger partial charge on any atom is 0.416 e. The molecular formula is C16H15BrF3N. The Labute approximate surface area is 130 Å². The number of alkyl halides is 3. The fraction of sp³-hybridized carbons (Fsp3) is 0.250. The largest absolute Gasteiger partial charge is 0.416 e. The van der Waals surface area contributed by atoms with Crippen molar-refractivity contribution in [2.75, 3.05) is 5.32 Å². The van der Waals surface area contributed by atoms with E-state index in [1.807, 2.05) is 31.2 Å². The van der Waals surface area contributed by atoms with Crippen molar-refractivity contribution in [3.8, 4) is 0 Å². The molecular weight excluding hydrogens is 343 g/mol. The highest BCUT2D eigenvalue weighted by Gasteiger charge is 2.30. The number of anilines is 1. The van der Waals surface area contributed by atoms with Crippen LogP contribution in [0.5, 0.6) is 0 Å². The monoisotopic (exact) mass is 357 g/mol. The van der Waals surface area contributed by atoms with E-state index in [1.54, 1.807) is 6.07 Å². The summed E-state index contributed by atoms with van der Waals surface area (Å²) in [7, 11) is 0. The van der Waals surface area contributed by atoms with E-state index in [0.717, 1.165) is 28.6 Å². The Morgan fingerprint density at radius 3 is 2.43 bits per heavy atom. The van der Waals surface area contributed by atoms with Gasteiger partial charge in [-0.15, -0.1) is 0 Å². The molecule has 1 nitrogen and oxygen atoms in total. The molecule has 0 saturated carbocycles. The Bertz CT molecular complexity index is 610. The first kappa shape index (κ1) is 15.9. The van der Waals surface area contributed by atoms with E-state index < -0.39 is 11.7 Å². The SMILES string of the molecule is CCC(Nc1cccc(C(F)(F)F)c1)c1cccc(Br)c1. The number of benzene rings is 2. The average molecular weight is 358 g/mol. The summed E-state index contributed by atoms with van der Waals surface area (Å²) in [5, 5.41) is 3.16. The van der Waals surface area contributed by atoms with Crippen LogP contribution in [0.1, 0.15) is 30.5 Å². The van der Waals surface area contributed by atoms with Crippen LogP contribution < -0.4 is 5.32 Å². The molecule has 0 amide bonds. The normalized spacial score (nSPS) is 13.0. The lowest BCUT2D eigenvalue weighted by atomic mass is 10.0. The van der Waals surface area contributed by atoms with E-state index in [-0.39, 0.29) is 6.04 Å². The van der Waals surface area contributed by atoms with Crippen molar-refractivity contribution < 1.29 is 13.2 Å². The molecule has 2 rings (SSSR count). The third-order valence-corrected chi connectivity index (χ3v) is 3.68. The third-order valence-electron chi connectivity index (χ3n) is 3.19. The molecule has 0 aliphatic carbocycles. The van der Waals surface area contributed by atoms with Gasteiger partial charge in [0.05, 0.1) is 11.6 Å². The third kappa shape index (κ3) is 4.24. The molecule has 1 N–H and O–H groups in total. The lowest BCUT2D eigenvalue weighted by molar-refractivity contribution is -0.137. The number of hydrogen-bond donors (Lipinski definition) is 1. The van der Waals surface area contributed by atoms with Crippen LogP contribution in [0.4, 0.5) is 18.9 Å². The van der Waals surface area contributed by atoms with Crippen molar-refractivity contribution in [3.05, 3.63) is 64.1 Å². The van der Waals surface area contributed by atoms with E-state index in [2.05, 4.69) is 21.2 Å². The molecule has 1 unspecified atom stereocenters. The molecule has 2 aromatic carbocycles. The summed E-state index contributed by atoms with van der Waals surface area (Å²) in [5.41, 5.74) is 0.859. The number of rotatable bonds is 4. The van der Waals surface area contributed by atoms with Crippen molar-refractivity contribution in [1.29, 1.82) is 0 Å². The molecule has 21 heavy (non-hydrogen) atoms. The Hall–Kier alpha value is -1.49. The quantitative estimate of drug-likeness (QED) is 0.704. The molecule has 0 aromatic heterocycles. The molecule has 0 aliphatic rings. The molecule has 0 bridgehead atoms. The van der Waals surface area contributed by atoms with E-state index in [9.17, 15) is 13.2 Å². The second kappa shape index (κ2) is 6.52. The van der Waals surface area contributed by atoms with Crippen LogP contribution in [0, 0.1) is 0 Å². The molecule has 112 valence electrons. The fourth-order valence-electron chi connectivity index (χ4n) is 2.13. The minimum Gasteiger partial charge on any atom is -0.378 e. The van der Waals surface area contributed by atoms with Crippen LogP contribution in [-0.2, 0) is 6.18 Å². The molecule has 0 fully saturated rings. The van der Waals surface area contributed by atoms with Gasteiger partial charge in [-0.3, -0.25) is 0 Å². The lowest BCUT2D eigenvalue weighted by Gasteiger charge is -2.20. The van der Waals surface area contributed by atoms with Gasteiger partial charge in [-0.1, -0.05) is 41.1 Å². The topological polar surface area (TPSA) is 12.0 Å². The van der Waals surface area contributed by atoms with Gasteiger partial charge in [0.2, 0.25) is 0 Å². The summed E-state index contributed by atoms with van der Waals surface area (Å²) in [6.45, 7) is 1.99. The predicted molar refractivity (Wildman–Crippen MR) is 82.2 cm³/mol. The number of halogens is 4. The molecule has 0 spiro atoms. The minimum absolute atomic E-state index is 0.0361. The number of hydrogen-bond acceptors (Lipinski definition) is 1. The Balaban J connectivity index is 2.23. The highest BCUT2D eigenvalue weighted by molar-refractivity contribution is 9.10. The molecule has 5 heteroatoms. The van der Waals surface area contributed by atoms with Gasteiger partial charge in [0.1, 0.15) is 0 Å². The van der Waals surface area contributed by atoms with Gasteiger partial charge in [-0.05, 0) is 42.3 Å². The first-order chi connectivity index (χ1) is 9.90. The summed E-state index contributed by atoms with van der Waals surface area (Å²) >= 11 is 3.41. The van der Waals surface area contributed by atoms with Crippen LogP contribution in [0.2, 0.25) is 0 Å². The zero-order valence-corrected chi connectivity index (χ0v) is 13.0. The van der Waals surface area contributed by atoms with Crippen molar-refractivity contribution in [2.45, 2.75) is 25.6 Å². The zero-order valence-electron chi connectivity index (χ0n) is 11.4. The van der Waals surface area contributed by atoms with E-state index in [4.69, 9.17) is 0 Å². The van der Waals surface area contributed by atoms with Gasteiger partial charge in [0.25, 0.3) is 0 Å². The Morgan fingerprint density at radius 2 is 1.81 bits per heavy atom. The molecule has 2 aromatic rings. The highest BCUT2D eigenvalue weighted by Crippen LogP contribution is 2.32. The van der Waals surface area contributed by atoms with Crippen LogP contribution in [0.15, 0.2) is 53.0 Å². The smallest absolute Gasteiger partial charge is 0.378 e. The van der Waals surface area contributed by atoms with Crippen LogP contribution in [0.3, 0.4) is 0 Å². The summed E-state index contributed by atoms with van der Waals surface area (Å²) < 4.78 is 39.1. The molecule has 0 aliphatic heterocycles. The van der Waals surface area contributed by atoms with Crippen molar-refractivity contribution >= 4 is 21.6 Å². The van der Waals surface area contributed by atoms with Gasteiger partial charge in [-0.2, -0.15) is 13.2 Å². The first-order valence-corrected chi connectivity index (χ1v) is 7.38. The molecule has 0 saturated heterocycles. The predicted octanol–water partition coefficient (Wildman–Crippen LogP) is 6.03. The van der Waals surface area contributed by atoms with E-state index in [0.29, 0.717) is 5.69 Å². The van der Waals surface area contributed by atoms with Crippen LogP contribution in [-0.4, -0.2) is 0 Å². The van der Waals surface area contributed by atoms with Gasteiger partial charge >= 0.3 is 6.18 Å². The Morgan fingerprint density at radius 1 is 1.10 bits per heavy atom. The van der Waals surface area contributed by atoms with Gasteiger partial charge in [-0.25, -0.2) is 0 Å². The average Bonchev–Trinajstić information content (AvgIpc) is 2.44. The molecule has 1 atom stereocenters. The van der Waals surface area contributed by atoms with Crippen LogP contribution >= 0.6 is 15.9 Å². The second-order valence-electron chi connectivity index (χ2n) is 4.74. The zero-order chi connectivity index (χ0) is 15.5. The molecule has 0 radical (unpaired) electrons. The lowest BCUT2D eigenvalue weighted by Crippen LogP contribution is -2.11. The maximum absolute atomic E-state index is 12.7. The van der Waals surface area contributed by atoms with Gasteiger partial charge in [0, 0.05) is 10.2 Å². The van der Waals surface area contributed by atoms with Crippen molar-refractivity contribution in [2.24, 2.45) is 0 Å². The standard InChI is InChI=1S/C16H15BrF3N/c1-2-15(11-5-3-7-13(17)9-11)21-14-8-4-6-12(10-14)16(18,19)20/h3-10,15,21H,2H2,1H3. The summed E-state index contributed by atoms with van der Waals surface area (Å²) in [6, 6.07) is 13.0. The van der Waals surface area contributed by atoms with Crippen LogP contribution in [0.25, 0.3) is 0 Å². The number of nitrogens with one attached hydrogen (secondary N) is 1. The van der Waals surface area contributed by atoms with Gasteiger partial charge in [0.15, 0.2) is 0 Å². The summed E-state index contributed by atoms with van der Waals surface area (Å²) in [5.74, 6) is 0. The first-order valence-electron chi connectivity index (χ1n) is 6.59. The maximum atomic E-state index is 12.7. The van der Waals surface area contributed by atoms with E-state index >= 15 is 0 Å². The Kier molecular flexibility index (Phi) is 4.93. The van der Waals surface area contributed by atoms with Gasteiger partial charge < -0.3 is 5.32 Å².